The van der Waals surface area contributed by atoms with Crippen LogP contribution in [0.25, 0.3) is 0 Å². The summed E-state index contributed by atoms with van der Waals surface area (Å²) in [6.45, 7) is 7.81. The van der Waals surface area contributed by atoms with E-state index < -0.39 is 0 Å². The molecule has 0 atom stereocenters. The van der Waals surface area contributed by atoms with E-state index in [1.165, 1.54) is 12.0 Å². The van der Waals surface area contributed by atoms with Crippen LogP contribution in [0.5, 0.6) is 0 Å². The van der Waals surface area contributed by atoms with E-state index in [2.05, 4.69) is 32.9 Å². The first-order valence-electron chi connectivity index (χ1n) is 4.12. The van der Waals surface area contributed by atoms with Gasteiger partial charge in [0, 0.05) is 0 Å². The highest BCUT2D eigenvalue weighted by atomic mass is 13.8. The molecule has 0 fully saturated rings. The van der Waals surface area contributed by atoms with Crippen LogP contribution in [-0.2, 0) is 0 Å². The zero-order chi connectivity index (χ0) is 8.53. The maximum absolute atomic E-state index is 3.60. The van der Waals surface area contributed by atoms with E-state index in [-0.39, 0.29) is 0 Å². The predicted octanol–water partition coefficient (Wildman–Crippen LogP) is 3.62. The van der Waals surface area contributed by atoms with Gasteiger partial charge in [-0.15, -0.1) is 0 Å². The van der Waals surface area contributed by atoms with Gasteiger partial charge in [0.05, 0.1) is 0 Å². The van der Waals surface area contributed by atoms with Crippen molar-refractivity contribution in [1.82, 2.24) is 0 Å². The molecule has 0 spiro atoms. The minimum Gasteiger partial charge on any atom is -0.0654 e. The molecule has 0 heterocycles. The molecule has 0 aliphatic heterocycles. The van der Waals surface area contributed by atoms with Crippen molar-refractivity contribution in [3.63, 3.8) is 0 Å². The van der Waals surface area contributed by atoms with Crippen molar-refractivity contribution in [2.75, 3.05) is 0 Å². The molecule has 0 heteroatoms. The molecule has 1 radical (unpaired) electrons. The van der Waals surface area contributed by atoms with Crippen LogP contribution < -0.4 is 0 Å². The van der Waals surface area contributed by atoms with Crippen molar-refractivity contribution in [1.29, 1.82) is 0 Å². The van der Waals surface area contributed by atoms with E-state index in [0.29, 0.717) is 0 Å². The summed E-state index contributed by atoms with van der Waals surface area (Å²) in [7, 11) is 0. The molecule has 1 aromatic carbocycles. The Hall–Kier alpha value is -0.780. The largest absolute Gasteiger partial charge is 0.0654 e. The maximum Gasteiger partial charge on any atom is -0.0398 e. The summed E-state index contributed by atoms with van der Waals surface area (Å²) < 4.78 is 0. The van der Waals surface area contributed by atoms with Crippen LogP contribution in [-0.4, -0.2) is 0 Å². The van der Waals surface area contributed by atoms with E-state index in [4.69, 9.17) is 0 Å². The molecule has 0 saturated carbocycles. The molecule has 0 bridgehead atoms. The smallest absolute Gasteiger partial charge is 0.0398 e. The van der Waals surface area contributed by atoms with Gasteiger partial charge in [0.2, 0.25) is 0 Å². The number of hydrogen-bond acceptors (Lipinski definition) is 0. The van der Waals surface area contributed by atoms with Crippen LogP contribution in [0.3, 0.4) is 0 Å². The van der Waals surface area contributed by atoms with E-state index in [9.17, 15) is 0 Å². The van der Waals surface area contributed by atoms with Crippen LogP contribution in [0.1, 0.15) is 25.3 Å². The number of aryl methyl sites for hydroxylation is 1. The summed E-state index contributed by atoms with van der Waals surface area (Å²) in [5.41, 5.74) is 1.32. The standard InChI is InChI=1S/C7H8.C4H9/c1-7-5-3-2-4-6-7;1-3-4-2/h2-6H,1H3;1,3-4H2,2H3. The monoisotopic (exact) mass is 149 g/mol. The molecule has 0 N–H and O–H groups in total. The van der Waals surface area contributed by atoms with Crippen molar-refractivity contribution in [2.24, 2.45) is 0 Å². The fourth-order valence-electron chi connectivity index (χ4n) is 0.534. The molecule has 0 aromatic heterocycles. The van der Waals surface area contributed by atoms with E-state index >= 15 is 0 Å². The van der Waals surface area contributed by atoms with Crippen LogP contribution in [0.2, 0.25) is 0 Å². The van der Waals surface area contributed by atoms with E-state index in [1.807, 2.05) is 18.2 Å². The second-order valence-corrected chi connectivity index (χ2v) is 2.51. The predicted molar refractivity (Wildman–Crippen MR) is 51.4 cm³/mol. The summed E-state index contributed by atoms with van der Waals surface area (Å²) >= 11 is 0. The second kappa shape index (κ2) is 7.33. The zero-order valence-corrected chi connectivity index (χ0v) is 7.51. The Morgan fingerprint density at radius 3 is 1.82 bits per heavy atom. The van der Waals surface area contributed by atoms with Crippen LogP contribution in [0.4, 0.5) is 0 Å². The van der Waals surface area contributed by atoms with Gasteiger partial charge in [-0.05, 0) is 6.92 Å². The highest BCUT2D eigenvalue weighted by Crippen LogP contribution is 1.92. The van der Waals surface area contributed by atoms with Crippen molar-refractivity contribution >= 4 is 0 Å². The minimum atomic E-state index is 1.07. The molecule has 0 saturated heterocycles. The van der Waals surface area contributed by atoms with Crippen molar-refractivity contribution in [3.8, 4) is 0 Å². The highest BCUT2D eigenvalue weighted by molar-refractivity contribution is 5.11. The summed E-state index contributed by atoms with van der Waals surface area (Å²) in [5, 5.41) is 0. The molecule has 0 aliphatic rings. The number of benzene rings is 1. The fourth-order valence-corrected chi connectivity index (χ4v) is 0.534. The summed E-state index contributed by atoms with van der Waals surface area (Å²) in [4.78, 5) is 0. The second-order valence-electron chi connectivity index (χ2n) is 2.51. The Morgan fingerprint density at radius 1 is 1.18 bits per heavy atom. The lowest BCUT2D eigenvalue weighted by atomic mass is 10.2. The molecule has 61 valence electrons. The topological polar surface area (TPSA) is 0 Å². The highest BCUT2D eigenvalue weighted by Gasteiger charge is 1.72. The third-order valence-corrected chi connectivity index (χ3v) is 1.29. The molecule has 11 heavy (non-hydrogen) atoms. The van der Waals surface area contributed by atoms with Gasteiger partial charge in [-0.25, -0.2) is 0 Å². The van der Waals surface area contributed by atoms with Gasteiger partial charge in [-0.1, -0.05) is 62.6 Å². The normalized spacial score (nSPS) is 8.27. The maximum atomic E-state index is 3.60. The lowest BCUT2D eigenvalue weighted by Crippen LogP contribution is -1.62. The van der Waals surface area contributed by atoms with Crippen LogP contribution in [0.15, 0.2) is 30.3 Å². The van der Waals surface area contributed by atoms with Gasteiger partial charge in [0.1, 0.15) is 0 Å². The van der Waals surface area contributed by atoms with Gasteiger partial charge >= 0.3 is 0 Å². The van der Waals surface area contributed by atoms with E-state index in [0.717, 1.165) is 6.42 Å². The number of hydrogen-bond donors (Lipinski definition) is 0. The van der Waals surface area contributed by atoms with Gasteiger partial charge in [-0.3, -0.25) is 0 Å². The Morgan fingerprint density at radius 2 is 1.64 bits per heavy atom. The number of rotatable bonds is 1. The quantitative estimate of drug-likeness (QED) is 0.572. The van der Waals surface area contributed by atoms with Gasteiger partial charge < -0.3 is 0 Å². The fraction of sp³-hybridized carbons (Fsp3) is 0.364. The minimum absolute atomic E-state index is 1.07. The summed E-state index contributed by atoms with van der Waals surface area (Å²) in [5.74, 6) is 0. The Labute approximate surface area is 70.3 Å². The average Bonchev–Trinajstić information content (AvgIpc) is 2.07. The molecular formula is C11H17. The third kappa shape index (κ3) is 7.11. The molecule has 1 aromatic rings. The molecular weight excluding hydrogens is 132 g/mol. The van der Waals surface area contributed by atoms with Crippen molar-refractivity contribution in [2.45, 2.75) is 26.7 Å². The molecule has 0 aliphatic carbocycles. The summed E-state index contributed by atoms with van der Waals surface area (Å²) in [6, 6.07) is 10.3. The van der Waals surface area contributed by atoms with Crippen molar-refractivity contribution in [3.05, 3.63) is 42.8 Å². The molecule has 0 unspecified atom stereocenters. The third-order valence-electron chi connectivity index (χ3n) is 1.29. The molecule has 1 rings (SSSR count). The van der Waals surface area contributed by atoms with Gasteiger partial charge in [0.15, 0.2) is 0 Å². The number of unbranched alkanes of at least 4 members (excludes halogenated alkanes) is 1. The first-order chi connectivity index (χ1) is 5.31. The van der Waals surface area contributed by atoms with Gasteiger partial charge in [-0.2, -0.15) is 0 Å². The molecule has 0 nitrogen and oxygen atoms in total. The molecule has 0 amide bonds. The first kappa shape index (κ1) is 10.2. The van der Waals surface area contributed by atoms with E-state index in [1.54, 1.807) is 0 Å². The summed E-state index contributed by atoms with van der Waals surface area (Å²) in [6.07, 6.45) is 2.28. The lowest BCUT2D eigenvalue weighted by Gasteiger charge is -1.82. The van der Waals surface area contributed by atoms with Crippen LogP contribution >= 0.6 is 0 Å². The Kier molecular flexibility index (Phi) is 6.81. The first-order valence-corrected chi connectivity index (χ1v) is 4.12. The van der Waals surface area contributed by atoms with Crippen LogP contribution in [0, 0.1) is 13.8 Å². The Bertz CT molecular complexity index is 151. The average molecular weight is 149 g/mol. The lowest BCUT2D eigenvalue weighted by molar-refractivity contribution is 0.956. The zero-order valence-electron chi connectivity index (χ0n) is 7.51. The Balaban J connectivity index is 0.000000218. The van der Waals surface area contributed by atoms with Crippen molar-refractivity contribution < 1.29 is 0 Å². The SMILES string of the molecule is Cc1ccccc1.[CH2]CCC. The van der Waals surface area contributed by atoms with Gasteiger partial charge in [0.25, 0.3) is 0 Å².